The first-order valence-electron chi connectivity index (χ1n) is 9.88. The molecule has 1 aromatic carbocycles. The summed E-state index contributed by atoms with van der Waals surface area (Å²) in [5.74, 6) is 2.02. The molecule has 170 valence electrons. The van der Waals surface area contributed by atoms with Crippen LogP contribution in [0.25, 0.3) is 0 Å². The van der Waals surface area contributed by atoms with Crippen LogP contribution in [-0.4, -0.2) is 82.8 Å². The molecule has 1 fully saturated rings. The minimum absolute atomic E-state index is 0. The normalized spacial score (nSPS) is 15.9. The SMILES string of the molecule is COc1cc(C)c(CN(C)C(=NCC(=O)N(C)C)NCC2CCCO2)cc1OC.I. The van der Waals surface area contributed by atoms with Crippen LogP contribution in [0.1, 0.15) is 24.0 Å². The fourth-order valence-electron chi connectivity index (χ4n) is 3.13. The van der Waals surface area contributed by atoms with Crippen molar-refractivity contribution in [1.82, 2.24) is 15.1 Å². The van der Waals surface area contributed by atoms with Gasteiger partial charge in [-0.1, -0.05) is 0 Å². The molecule has 1 aromatic rings. The Morgan fingerprint density at radius 1 is 1.23 bits per heavy atom. The second kappa shape index (κ2) is 12.8. The molecule has 1 aliphatic heterocycles. The highest BCUT2D eigenvalue weighted by Gasteiger charge is 2.18. The summed E-state index contributed by atoms with van der Waals surface area (Å²) < 4.78 is 16.5. The smallest absolute Gasteiger partial charge is 0.243 e. The number of hydrogen-bond acceptors (Lipinski definition) is 5. The van der Waals surface area contributed by atoms with E-state index in [0.717, 1.165) is 30.6 Å². The Morgan fingerprint density at radius 2 is 1.90 bits per heavy atom. The largest absolute Gasteiger partial charge is 0.493 e. The Bertz CT molecular complexity index is 721. The first-order chi connectivity index (χ1) is 13.8. The van der Waals surface area contributed by atoms with Crippen LogP contribution < -0.4 is 14.8 Å². The van der Waals surface area contributed by atoms with Crippen LogP contribution in [0.3, 0.4) is 0 Å². The van der Waals surface area contributed by atoms with E-state index in [0.29, 0.717) is 30.5 Å². The maximum Gasteiger partial charge on any atom is 0.243 e. The molecule has 1 aliphatic rings. The molecule has 1 atom stereocenters. The van der Waals surface area contributed by atoms with Gasteiger partial charge in [0.1, 0.15) is 6.54 Å². The van der Waals surface area contributed by atoms with E-state index in [-0.39, 0.29) is 42.5 Å². The summed E-state index contributed by atoms with van der Waals surface area (Å²) in [6.45, 7) is 4.22. The van der Waals surface area contributed by atoms with E-state index in [2.05, 4.69) is 10.3 Å². The van der Waals surface area contributed by atoms with Gasteiger partial charge in [-0.15, -0.1) is 24.0 Å². The molecule has 0 spiro atoms. The molecule has 1 heterocycles. The van der Waals surface area contributed by atoms with Crippen LogP contribution in [0, 0.1) is 6.92 Å². The Labute approximate surface area is 197 Å². The molecule has 0 aliphatic carbocycles. The third kappa shape index (κ3) is 7.50. The van der Waals surface area contributed by atoms with Crippen molar-refractivity contribution < 1.29 is 19.0 Å². The van der Waals surface area contributed by atoms with Gasteiger partial charge in [0.15, 0.2) is 17.5 Å². The van der Waals surface area contributed by atoms with E-state index >= 15 is 0 Å². The van der Waals surface area contributed by atoms with Crippen molar-refractivity contribution in [2.24, 2.45) is 4.99 Å². The minimum atomic E-state index is -0.0443. The van der Waals surface area contributed by atoms with Crippen LogP contribution >= 0.6 is 24.0 Å². The van der Waals surface area contributed by atoms with E-state index in [1.165, 1.54) is 0 Å². The summed E-state index contributed by atoms with van der Waals surface area (Å²) in [5, 5.41) is 3.37. The van der Waals surface area contributed by atoms with Crippen molar-refractivity contribution in [1.29, 1.82) is 0 Å². The number of benzene rings is 1. The topological polar surface area (TPSA) is 75.6 Å². The number of amides is 1. The van der Waals surface area contributed by atoms with Gasteiger partial charge in [0, 0.05) is 40.8 Å². The number of methoxy groups -OCH3 is 2. The zero-order valence-electron chi connectivity index (χ0n) is 18.9. The predicted octanol–water partition coefficient (Wildman–Crippen LogP) is 2.27. The quantitative estimate of drug-likeness (QED) is 0.314. The number of aryl methyl sites for hydroxylation is 1. The highest BCUT2D eigenvalue weighted by Crippen LogP contribution is 2.30. The van der Waals surface area contributed by atoms with Gasteiger partial charge in [-0.05, 0) is 43.0 Å². The molecule has 1 amide bonds. The number of guanidine groups is 1. The minimum Gasteiger partial charge on any atom is -0.493 e. The average Bonchev–Trinajstić information content (AvgIpc) is 3.22. The number of likely N-dealkylation sites (N-methyl/N-ethyl adjacent to an activating group) is 1. The second-order valence-corrected chi connectivity index (χ2v) is 7.43. The van der Waals surface area contributed by atoms with E-state index < -0.39 is 0 Å². The Hall–Kier alpha value is -1.75. The van der Waals surface area contributed by atoms with Crippen molar-refractivity contribution in [3.05, 3.63) is 23.3 Å². The van der Waals surface area contributed by atoms with Crippen molar-refractivity contribution in [2.45, 2.75) is 32.4 Å². The summed E-state index contributed by atoms with van der Waals surface area (Å²) in [7, 11) is 8.67. The Balaban J connectivity index is 0.00000450. The van der Waals surface area contributed by atoms with Gasteiger partial charge < -0.3 is 29.3 Å². The summed E-state index contributed by atoms with van der Waals surface area (Å²) in [6, 6.07) is 3.95. The van der Waals surface area contributed by atoms with Crippen LogP contribution in [0.15, 0.2) is 17.1 Å². The van der Waals surface area contributed by atoms with Crippen LogP contribution in [0.5, 0.6) is 11.5 Å². The van der Waals surface area contributed by atoms with E-state index in [1.807, 2.05) is 31.0 Å². The van der Waals surface area contributed by atoms with Crippen molar-refractivity contribution in [3.63, 3.8) is 0 Å². The first-order valence-corrected chi connectivity index (χ1v) is 9.88. The lowest BCUT2D eigenvalue weighted by molar-refractivity contribution is -0.127. The number of nitrogens with one attached hydrogen (secondary N) is 1. The molecule has 9 heteroatoms. The number of nitrogens with zero attached hydrogens (tertiary/aromatic N) is 3. The van der Waals surface area contributed by atoms with Crippen molar-refractivity contribution in [2.75, 3.05) is 55.1 Å². The van der Waals surface area contributed by atoms with Crippen molar-refractivity contribution >= 4 is 35.8 Å². The van der Waals surface area contributed by atoms with Crippen LogP contribution in [0.2, 0.25) is 0 Å². The van der Waals surface area contributed by atoms with Crippen molar-refractivity contribution in [3.8, 4) is 11.5 Å². The molecular weight excluding hydrogens is 499 g/mol. The molecule has 0 bridgehead atoms. The number of halogens is 1. The molecule has 0 saturated carbocycles. The number of hydrogen-bond donors (Lipinski definition) is 1. The zero-order chi connectivity index (χ0) is 21.4. The fraction of sp³-hybridized carbons (Fsp3) is 0.619. The number of ether oxygens (including phenoxy) is 3. The second-order valence-electron chi connectivity index (χ2n) is 7.43. The number of rotatable bonds is 8. The maximum absolute atomic E-state index is 12.0. The third-order valence-corrected chi connectivity index (χ3v) is 4.99. The van der Waals surface area contributed by atoms with Gasteiger partial charge >= 0.3 is 0 Å². The zero-order valence-corrected chi connectivity index (χ0v) is 21.2. The standard InChI is InChI=1S/C21H34N4O4.HI/c1-15-10-18(27-5)19(28-6)11-16(15)14-25(4)21(23-13-20(26)24(2)3)22-12-17-8-7-9-29-17;/h10-11,17H,7-9,12-14H2,1-6H3,(H,22,23);1H. The number of carbonyl (C=O) groups is 1. The molecule has 30 heavy (non-hydrogen) atoms. The van der Waals surface area contributed by atoms with Gasteiger partial charge in [-0.25, -0.2) is 4.99 Å². The number of aliphatic imine (C=N–C) groups is 1. The molecule has 1 saturated heterocycles. The summed E-state index contributed by atoms with van der Waals surface area (Å²) >= 11 is 0. The maximum atomic E-state index is 12.0. The molecule has 0 radical (unpaired) electrons. The van der Waals surface area contributed by atoms with Gasteiger partial charge in [0.25, 0.3) is 0 Å². The van der Waals surface area contributed by atoms with Crippen LogP contribution in [-0.2, 0) is 16.1 Å². The molecule has 0 aromatic heterocycles. The highest BCUT2D eigenvalue weighted by atomic mass is 127. The highest BCUT2D eigenvalue weighted by molar-refractivity contribution is 14.0. The van der Waals surface area contributed by atoms with E-state index in [4.69, 9.17) is 14.2 Å². The van der Waals surface area contributed by atoms with Gasteiger partial charge in [0.2, 0.25) is 5.91 Å². The average molecular weight is 534 g/mol. The fourth-order valence-corrected chi connectivity index (χ4v) is 3.13. The Kier molecular flexibility index (Phi) is 11.2. The molecule has 8 nitrogen and oxygen atoms in total. The lowest BCUT2D eigenvalue weighted by Gasteiger charge is -2.25. The monoisotopic (exact) mass is 534 g/mol. The lowest BCUT2D eigenvalue weighted by atomic mass is 10.1. The Morgan fingerprint density at radius 3 is 2.47 bits per heavy atom. The molecule has 1 unspecified atom stereocenters. The molecule has 1 N–H and O–H groups in total. The van der Waals surface area contributed by atoms with Crippen LogP contribution in [0.4, 0.5) is 0 Å². The molecule has 2 rings (SSSR count). The van der Waals surface area contributed by atoms with Gasteiger partial charge in [-0.2, -0.15) is 0 Å². The summed E-state index contributed by atoms with van der Waals surface area (Å²) in [6.07, 6.45) is 2.30. The number of carbonyl (C=O) groups excluding carboxylic acids is 1. The van der Waals surface area contributed by atoms with E-state index in [9.17, 15) is 4.79 Å². The first kappa shape index (κ1) is 26.3. The predicted molar refractivity (Wildman–Crippen MR) is 129 cm³/mol. The summed E-state index contributed by atoms with van der Waals surface area (Å²) in [5.41, 5.74) is 2.19. The molecular formula is C21H35IN4O4. The third-order valence-electron chi connectivity index (χ3n) is 4.99. The van der Waals surface area contributed by atoms with Gasteiger partial charge in [-0.3, -0.25) is 4.79 Å². The summed E-state index contributed by atoms with van der Waals surface area (Å²) in [4.78, 5) is 20.1. The van der Waals surface area contributed by atoms with E-state index in [1.54, 1.807) is 33.2 Å². The van der Waals surface area contributed by atoms with Gasteiger partial charge in [0.05, 0.1) is 20.3 Å². The lowest BCUT2D eigenvalue weighted by Crippen LogP contribution is -2.42.